The third-order valence-electron chi connectivity index (χ3n) is 5.64. The van der Waals surface area contributed by atoms with Gasteiger partial charge in [0.05, 0.1) is 20.5 Å². The van der Waals surface area contributed by atoms with Crippen LogP contribution < -0.4 is 15.5 Å². The minimum absolute atomic E-state index is 0.0230. The fourth-order valence-electron chi connectivity index (χ4n) is 3.85. The summed E-state index contributed by atoms with van der Waals surface area (Å²) in [6.07, 6.45) is 4.12. The number of hydrazine groups is 1. The van der Waals surface area contributed by atoms with Crippen molar-refractivity contribution in [3.63, 3.8) is 0 Å². The first-order valence-electron chi connectivity index (χ1n) is 12.0. The average Bonchev–Trinajstić information content (AvgIpc) is 3.49. The first-order chi connectivity index (χ1) is 17.9. The zero-order chi connectivity index (χ0) is 26.4. The summed E-state index contributed by atoms with van der Waals surface area (Å²) in [4.78, 5) is 27.4. The lowest BCUT2D eigenvalue weighted by atomic mass is 10.2. The van der Waals surface area contributed by atoms with Gasteiger partial charge >= 0.3 is 6.09 Å². The smallest absolute Gasteiger partial charge is 0.405 e. The highest BCUT2D eigenvalue weighted by Gasteiger charge is 2.30. The molecule has 0 bridgehead atoms. The van der Waals surface area contributed by atoms with Crippen LogP contribution in [0.3, 0.4) is 0 Å². The summed E-state index contributed by atoms with van der Waals surface area (Å²) in [5, 5.41) is 9.68. The third-order valence-corrected chi connectivity index (χ3v) is 7.18. The van der Waals surface area contributed by atoms with Gasteiger partial charge < -0.3 is 10.1 Å². The van der Waals surface area contributed by atoms with Crippen LogP contribution in [0.1, 0.15) is 54.4 Å². The topological polar surface area (TPSA) is 88.5 Å². The molecule has 37 heavy (non-hydrogen) atoms. The number of amides is 2. The lowest BCUT2D eigenvalue weighted by molar-refractivity contribution is 0.0742. The van der Waals surface area contributed by atoms with Gasteiger partial charge in [0.15, 0.2) is 11.4 Å². The molecule has 0 aliphatic carbocycles. The van der Waals surface area contributed by atoms with Gasteiger partial charge in [-0.15, -0.1) is 11.3 Å². The van der Waals surface area contributed by atoms with Gasteiger partial charge in [-0.1, -0.05) is 48.4 Å². The van der Waals surface area contributed by atoms with Crippen molar-refractivity contribution in [1.82, 2.24) is 25.5 Å². The van der Waals surface area contributed by atoms with Crippen molar-refractivity contribution < 1.29 is 14.3 Å². The van der Waals surface area contributed by atoms with Crippen LogP contribution >= 0.6 is 34.5 Å². The fraction of sp³-hybridized carbons (Fsp3) is 0.346. The molecule has 1 aliphatic heterocycles. The monoisotopic (exact) mass is 559 g/mol. The van der Waals surface area contributed by atoms with Gasteiger partial charge in [-0.2, -0.15) is 5.10 Å². The molecule has 2 N–H and O–H groups in total. The third kappa shape index (κ3) is 6.46. The first-order valence-corrected chi connectivity index (χ1v) is 13.6. The molecule has 194 valence electrons. The van der Waals surface area contributed by atoms with E-state index in [2.05, 4.69) is 34.6 Å². The van der Waals surface area contributed by atoms with Crippen molar-refractivity contribution in [2.45, 2.75) is 39.0 Å². The van der Waals surface area contributed by atoms with E-state index >= 15 is 0 Å². The molecule has 1 saturated heterocycles. The molecule has 3 aromatic rings. The summed E-state index contributed by atoms with van der Waals surface area (Å²) < 4.78 is 7.16. The number of hydrogen-bond donors (Lipinski definition) is 2. The van der Waals surface area contributed by atoms with Crippen LogP contribution in [-0.4, -0.2) is 46.9 Å². The second-order valence-electron chi connectivity index (χ2n) is 8.38. The van der Waals surface area contributed by atoms with Gasteiger partial charge in [-0.3, -0.25) is 10.2 Å². The van der Waals surface area contributed by atoms with Crippen molar-refractivity contribution in [1.29, 1.82) is 0 Å². The fourth-order valence-corrected chi connectivity index (χ4v) is 5.24. The molecule has 11 heteroatoms. The molecule has 1 aromatic carbocycles. The normalized spacial score (nSPS) is 13.5. The zero-order valence-corrected chi connectivity index (χ0v) is 22.9. The van der Waals surface area contributed by atoms with Crippen molar-refractivity contribution in [3.8, 4) is 33.8 Å². The molecule has 0 spiro atoms. The Bertz CT molecular complexity index is 1350. The van der Waals surface area contributed by atoms with Crippen molar-refractivity contribution in [2.24, 2.45) is 0 Å². The Morgan fingerprint density at radius 1 is 1.16 bits per heavy atom. The predicted molar refractivity (Wildman–Crippen MR) is 147 cm³/mol. The molecular formula is C26H27Cl2N5O3S. The van der Waals surface area contributed by atoms with Crippen LogP contribution in [-0.2, 0) is 0 Å². The first kappa shape index (κ1) is 27.0. The Morgan fingerprint density at radius 2 is 1.95 bits per heavy atom. The Labute approximate surface area is 229 Å². The number of thiophene rings is 1. The van der Waals surface area contributed by atoms with E-state index in [0.29, 0.717) is 26.3 Å². The van der Waals surface area contributed by atoms with E-state index in [0.717, 1.165) is 50.1 Å². The van der Waals surface area contributed by atoms with Crippen molar-refractivity contribution >= 4 is 46.5 Å². The SMILES string of the molecule is CCCC#Cc1ccc(-c2c(OC(=O)NC)c(C(=O)NN3CCCCC3)nn2-c2ccc(Cl)cc2Cl)s1. The minimum Gasteiger partial charge on any atom is -0.405 e. The molecule has 2 aromatic heterocycles. The van der Waals surface area contributed by atoms with Crippen LogP contribution in [0.15, 0.2) is 30.3 Å². The number of nitrogens with zero attached hydrogens (tertiary/aromatic N) is 3. The van der Waals surface area contributed by atoms with Crippen molar-refractivity contribution in [2.75, 3.05) is 20.1 Å². The number of piperidine rings is 1. The highest BCUT2D eigenvalue weighted by atomic mass is 35.5. The summed E-state index contributed by atoms with van der Waals surface area (Å²) in [6, 6.07) is 8.72. The quantitative estimate of drug-likeness (QED) is 0.366. The standard InChI is InChI=1S/C26H27Cl2N5O3S/c1-3-4-6-9-18-11-13-21(37-18)23-24(36-26(35)29-2)22(25(34)31-32-14-7-5-8-15-32)30-33(23)20-12-10-17(27)16-19(20)28/h10-13,16H,3-5,7-8,14-15H2,1-2H3,(H,29,35)(H,31,34). The van der Waals surface area contributed by atoms with E-state index in [9.17, 15) is 9.59 Å². The molecule has 0 saturated carbocycles. The maximum absolute atomic E-state index is 13.4. The van der Waals surface area contributed by atoms with Gasteiger partial charge in [0, 0.05) is 31.6 Å². The zero-order valence-electron chi connectivity index (χ0n) is 20.6. The molecule has 1 fully saturated rings. The van der Waals surface area contributed by atoms with E-state index in [1.54, 1.807) is 18.2 Å². The molecule has 3 heterocycles. The summed E-state index contributed by atoms with van der Waals surface area (Å²) in [5.74, 6) is 5.84. The van der Waals surface area contributed by atoms with E-state index < -0.39 is 12.0 Å². The van der Waals surface area contributed by atoms with Gasteiger partial charge in [-0.25, -0.2) is 14.5 Å². The van der Waals surface area contributed by atoms with Gasteiger partial charge in [0.2, 0.25) is 0 Å². The average molecular weight is 561 g/mol. The summed E-state index contributed by atoms with van der Waals surface area (Å²) in [6.45, 7) is 3.54. The van der Waals surface area contributed by atoms with E-state index in [1.165, 1.54) is 23.1 Å². The largest absolute Gasteiger partial charge is 0.412 e. The molecule has 1 aliphatic rings. The number of unbranched alkanes of at least 4 members (excludes halogenated alkanes) is 1. The highest BCUT2D eigenvalue weighted by Crippen LogP contribution is 2.40. The number of benzene rings is 1. The lowest BCUT2D eigenvalue weighted by Crippen LogP contribution is -2.45. The summed E-state index contributed by atoms with van der Waals surface area (Å²) in [7, 11) is 1.45. The molecular weight excluding hydrogens is 533 g/mol. The number of aromatic nitrogens is 2. The molecule has 8 nitrogen and oxygen atoms in total. The Kier molecular flexibility index (Phi) is 9.11. The maximum atomic E-state index is 13.4. The Hall–Kier alpha value is -3.03. The van der Waals surface area contributed by atoms with E-state index in [-0.39, 0.29) is 11.4 Å². The minimum atomic E-state index is -0.727. The number of ether oxygens (including phenoxy) is 1. The van der Waals surface area contributed by atoms with Gasteiger partial charge in [0.25, 0.3) is 5.91 Å². The second-order valence-corrected chi connectivity index (χ2v) is 10.3. The second kappa shape index (κ2) is 12.5. The van der Waals surface area contributed by atoms with Gasteiger partial charge in [-0.05, 0) is 49.6 Å². The van der Waals surface area contributed by atoms with Crippen LogP contribution in [0.4, 0.5) is 4.79 Å². The Balaban J connectivity index is 1.87. The van der Waals surface area contributed by atoms with E-state index in [4.69, 9.17) is 27.9 Å². The number of carbonyl (C=O) groups is 2. The number of hydrogen-bond acceptors (Lipinski definition) is 6. The molecule has 4 rings (SSSR count). The van der Waals surface area contributed by atoms with Gasteiger partial charge in [0.1, 0.15) is 5.69 Å². The molecule has 0 unspecified atom stereocenters. The van der Waals surface area contributed by atoms with Crippen LogP contribution in [0.5, 0.6) is 5.75 Å². The highest BCUT2D eigenvalue weighted by molar-refractivity contribution is 7.16. The predicted octanol–water partition coefficient (Wildman–Crippen LogP) is 5.91. The van der Waals surface area contributed by atoms with Crippen molar-refractivity contribution in [3.05, 3.63) is 50.9 Å². The molecule has 0 atom stereocenters. The maximum Gasteiger partial charge on any atom is 0.412 e. The molecule has 0 radical (unpaired) electrons. The number of carbonyl (C=O) groups excluding carboxylic acids is 2. The summed E-state index contributed by atoms with van der Waals surface area (Å²) in [5.41, 5.74) is 3.75. The lowest BCUT2D eigenvalue weighted by Gasteiger charge is -2.26. The summed E-state index contributed by atoms with van der Waals surface area (Å²) >= 11 is 14.1. The van der Waals surface area contributed by atoms with Crippen LogP contribution in [0.2, 0.25) is 10.0 Å². The number of nitrogens with one attached hydrogen (secondary N) is 2. The molecule has 2 amide bonds. The number of rotatable bonds is 6. The number of halogens is 2. The van der Waals surface area contributed by atoms with Crippen LogP contribution in [0.25, 0.3) is 16.3 Å². The van der Waals surface area contributed by atoms with Crippen LogP contribution in [0, 0.1) is 11.8 Å². The van der Waals surface area contributed by atoms with E-state index in [1.807, 2.05) is 17.1 Å². The Morgan fingerprint density at radius 3 is 2.65 bits per heavy atom.